The molecule has 0 atom stereocenters. The third-order valence-electron chi connectivity index (χ3n) is 2.63. The Morgan fingerprint density at radius 3 is 2.65 bits per heavy atom. The summed E-state index contributed by atoms with van der Waals surface area (Å²) in [5.41, 5.74) is 3.40. The molecule has 0 saturated heterocycles. The first-order chi connectivity index (χ1) is 8.06. The molecule has 0 spiro atoms. The Kier molecular flexibility index (Phi) is 4.53. The molecule has 4 nitrogen and oxygen atoms in total. The van der Waals surface area contributed by atoms with E-state index >= 15 is 0 Å². The number of benzene rings is 1. The van der Waals surface area contributed by atoms with Gasteiger partial charge in [0.25, 0.3) is 0 Å². The number of hydrogen-bond donors (Lipinski definition) is 0. The first kappa shape index (κ1) is 13.0. The summed E-state index contributed by atoms with van der Waals surface area (Å²) < 4.78 is 4.53. The van der Waals surface area contributed by atoms with Crippen LogP contribution in [0.15, 0.2) is 18.2 Å². The molecule has 0 unspecified atom stereocenters. The second kappa shape index (κ2) is 5.90. The van der Waals surface area contributed by atoms with Gasteiger partial charge in [-0.1, -0.05) is 18.2 Å². The molecular formula is C13H16N2O2. The predicted molar refractivity (Wildman–Crippen MR) is 64.0 cm³/mol. The first-order valence-electron chi connectivity index (χ1n) is 5.34. The lowest BCUT2D eigenvalue weighted by Crippen LogP contribution is -2.25. The molecule has 1 aromatic carbocycles. The van der Waals surface area contributed by atoms with E-state index in [4.69, 9.17) is 5.26 Å². The highest BCUT2D eigenvalue weighted by Crippen LogP contribution is 2.11. The zero-order chi connectivity index (χ0) is 12.8. The largest absolute Gasteiger partial charge is 0.468 e. The minimum Gasteiger partial charge on any atom is -0.468 e. The Labute approximate surface area is 101 Å². The highest BCUT2D eigenvalue weighted by atomic mass is 16.5. The molecule has 17 heavy (non-hydrogen) atoms. The van der Waals surface area contributed by atoms with Crippen LogP contribution in [-0.4, -0.2) is 24.5 Å². The van der Waals surface area contributed by atoms with E-state index in [1.54, 1.807) is 0 Å². The normalized spacial score (nSPS) is 9.53. The summed E-state index contributed by atoms with van der Waals surface area (Å²) in [6.07, 6.45) is 1.98. The van der Waals surface area contributed by atoms with Crippen LogP contribution in [0.1, 0.15) is 16.7 Å². The van der Waals surface area contributed by atoms with Crippen molar-refractivity contribution in [2.45, 2.75) is 20.4 Å². The van der Waals surface area contributed by atoms with Crippen LogP contribution in [-0.2, 0) is 16.1 Å². The van der Waals surface area contributed by atoms with Gasteiger partial charge >= 0.3 is 5.97 Å². The van der Waals surface area contributed by atoms with Crippen LogP contribution in [0.3, 0.4) is 0 Å². The average molecular weight is 232 g/mol. The van der Waals surface area contributed by atoms with Gasteiger partial charge in [0, 0.05) is 0 Å². The third-order valence-corrected chi connectivity index (χ3v) is 2.63. The van der Waals surface area contributed by atoms with Gasteiger partial charge in [-0.3, -0.25) is 9.69 Å². The van der Waals surface area contributed by atoms with E-state index < -0.39 is 5.97 Å². The van der Waals surface area contributed by atoms with Gasteiger partial charge in [0.2, 0.25) is 0 Å². The van der Waals surface area contributed by atoms with Gasteiger partial charge in [-0.05, 0) is 30.5 Å². The lowest BCUT2D eigenvalue weighted by Gasteiger charge is -2.14. The number of carbonyl (C=O) groups is 1. The molecule has 0 aliphatic rings. The predicted octanol–water partition coefficient (Wildman–Crippen LogP) is 1.76. The van der Waals surface area contributed by atoms with E-state index in [0.29, 0.717) is 6.54 Å². The quantitative estimate of drug-likeness (QED) is 0.451. The van der Waals surface area contributed by atoms with Gasteiger partial charge in [-0.2, -0.15) is 5.26 Å². The van der Waals surface area contributed by atoms with Crippen LogP contribution in [0, 0.1) is 25.3 Å². The summed E-state index contributed by atoms with van der Waals surface area (Å²) in [7, 11) is 1.31. The standard InChI is InChI=1S/C13H16N2O2/c1-10-4-5-12(6-11(10)2)7-15(9-14)8-13(16)17-3/h4-6H,7-8H2,1-3H3. The number of ether oxygens (including phenoxy) is 1. The third kappa shape index (κ3) is 3.80. The highest BCUT2D eigenvalue weighted by molar-refractivity contribution is 5.71. The van der Waals surface area contributed by atoms with Gasteiger partial charge < -0.3 is 4.74 Å². The van der Waals surface area contributed by atoms with Gasteiger partial charge in [0.15, 0.2) is 6.19 Å². The number of aryl methyl sites for hydroxylation is 2. The summed E-state index contributed by atoms with van der Waals surface area (Å²) in [6, 6.07) is 6.00. The maximum absolute atomic E-state index is 11.1. The maximum Gasteiger partial charge on any atom is 0.326 e. The maximum atomic E-state index is 11.1. The molecular weight excluding hydrogens is 216 g/mol. The molecule has 1 aromatic rings. The van der Waals surface area contributed by atoms with Crippen LogP contribution >= 0.6 is 0 Å². The molecule has 0 heterocycles. The summed E-state index contributed by atoms with van der Waals surface area (Å²) in [5.74, 6) is -0.407. The molecule has 4 heteroatoms. The Morgan fingerprint density at radius 1 is 1.41 bits per heavy atom. The van der Waals surface area contributed by atoms with Crippen molar-refractivity contribution in [2.75, 3.05) is 13.7 Å². The van der Waals surface area contributed by atoms with Crippen molar-refractivity contribution in [1.29, 1.82) is 5.26 Å². The minimum absolute atomic E-state index is 0.0140. The van der Waals surface area contributed by atoms with Gasteiger partial charge in [-0.15, -0.1) is 0 Å². The van der Waals surface area contributed by atoms with E-state index in [2.05, 4.69) is 4.74 Å². The van der Waals surface area contributed by atoms with Crippen molar-refractivity contribution >= 4 is 5.97 Å². The average Bonchev–Trinajstić information content (AvgIpc) is 2.32. The lowest BCUT2D eigenvalue weighted by molar-refractivity contribution is -0.141. The molecule has 0 amide bonds. The van der Waals surface area contributed by atoms with E-state index in [0.717, 1.165) is 5.56 Å². The summed E-state index contributed by atoms with van der Waals surface area (Å²) >= 11 is 0. The van der Waals surface area contributed by atoms with E-state index in [1.165, 1.54) is 23.1 Å². The fraction of sp³-hybridized carbons (Fsp3) is 0.385. The number of methoxy groups -OCH3 is 1. The molecule has 90 valence electrons. The Hall–Kier alpha value is -2.02. The molecule has 0 aliphatic heterocycles. The molecule has 1 rings (SSSR count). The highest BCUT2D eigenvalue weighted by Gasteiger charge is 2.09. The second-order valence-corrected chi connectivity index (χ2v) is 3.95. The summed E-state index contributed by atoms with van der Waals surface area (Å²) in [4.78, 5) is 12.4. The smallest absolute Gasteiger partial charge is 0.326 e. The van der Waals surface area contributed by atoms with Crippen LogP contribution in [0.25, 0.3) is 0 Å². The molecule has 0 saturated carbocycles. The number of nitrogens with zero attached hydrogens (tertiary/aromatic N) is 2. The van der Waals surface area contributed by atoms with Gasteiger partial charge in [0.05, 0.1) is 13.7 Å². The van der Waals surface area contributed by atoms with Crippen LogP contribution in [0.4, 0.5) is 0 Å². The number of rotatable bonds is 4. The SMILES string of the molecule is COC(=O)CN(C#N)Cc1ccc(C)c(C)c1. The zero-order valence-corrected chi connectivity index (χ0v) is 10.4. The molecule has 0 radical (unpaired) electrons. The van der Waals surface area contributed by atoms with Crippen LogP contribution in [0.5, 0.6) is 0 Å². The van der Waals surface area contributed by atoms with E-state index in [9.17, 15) is 4.79 Å². The van der Waals surface area contributed by atoms with Crippen molar-refractivity contribution in [3.63, 3.8) is 0 Å². The number of carbonyl (C=O) groups excluding carboxylic acids is 1. The first-order valence-corrected chi connectivity index (χ1v) is 5.34. The second-order valence-electron chi connectivity index (χ2n) is 3.95. The number of esters is 1. The summed E-state index contributed by atoms with van der Waals surface area (Å²) in [5, 5.41) is 8.92. The summed E-state index contributed by atoms with van der Waals surface area (Å²) in [6.45, 7) is 4.47. The van der Waals surface area contributed by atoms with Crippen molar-refractivity contribution in [3.8, 4) is 6.19 Å². The Bertz CT molecular complexity index is 449. The molecule has 0 aromatic heterocycles. The molecule has 0 aliphatic carbocycles. The molecule has 0 N–H and O–H groups in total. The minimum atomic E-state index is -0.407. The lowest BCUT2D eigenvalue weighted by atomic mass is 10.1. The van der Waals surface area contributed by atoms with Crippen molar-refractivity contribution in [1.82, 2.24) is 4.90 Å². The monoisotopic (exact) mass is 232 g/mol. The number of nitriles is 1. The van der Waals surface area contributed by atoms with E-state index in [1.807, 2.05) is 38.2 Å². The Balaban J connectivity index is 2.71. The number of hydrogen-bond acceptors (Lipinski definition) is 4. The van der Waals surface area contributed by atoms with Crippen molar-refractivity contribution < 1.29 is 9.53 Å². The molecule has 0 bridgehead atoms. The van der Waals surface area contributed by atoms with E-state index in [-0.39, 0.29) is 6.54 Å². The van der Waals surface area contributed by atoms with Crippen LogP contribution < -0.4 is 0 Å². The van der Waals surface area contributed by atoms with Gasteiger partial charge in [-0.25, -0.2) is 0 Å². The van der Waals surface area contributed by atoms with Crippen LogP contribution in [0.2, 0.25) is 0 Å². The topological polar surface area (TPSA) is 53.3 Å². The Morgan fingerprint density at radius 2 is 2.12 bits per heavy atom. The van der Waals surface area contributed by atoms with Crippen molar-refractivity contribution in [3.05, 3.63) is 34.9 Å². The zero-order valence-electron chi connectivity index (χ0n) is 10.4. The molecule has 0 fully saturated rings. The fourth-order valence-electron chi connectivity index (χ4n) is 1.47. The van der Waals surface area contributed by atoms with Gasteiger partial charge in [0.1, 0.15) is 6.54 Å². The fourth-order valence-corrected chi connectivity index (χ4v) is 1.47. The van der Waals surface area contributed by atoms with Crippen molar-refractivity contribution in [2.24, 2.45) is 0 Å².